The van der Waals surface area contributed by atoms with E-state index in [9.17, 15) is 14.7 Å². The van der Waals surface area contributed by atoms with E-state index >= 15 is 0 Å². The van der Waals surface area contributed by atoms with E-state index in [4.69, 9.17) is 14.2 Å². The van der Waals surface area contributed by atoms with Gasteiger partial charge in [-0.25, -0.2) is 0 Å². The van der Waals surface area contributed by atoms with Crippen LogP contribution in [0.5, 0.6) is 17.2 Å². The fourth-order valence-electron chi connectivity index (χ4n) is 5.19. The number of methoxy groups -OCH3 is 1. The predicted molar refractivity (Wildman–Crippen MR) is 166 cm³/mol. The van der Waals surface area contributed by atoms with Gasteiger partial charge in [-0.3, -0.25) is 9.59 Å². The van der Waals surface area contributed by atoms with Gasteiger partial charge in [-0.2, -0.15) is 0 Å². The standard InChI is InChI=1S/C34H48N2O6/c1-7-11-13-21-42-28-17-14-25(23-29(28)40-6)31-30(33(38)34(39)36(31)19-18-35(9-3)10-4)32(37)26-15-16-27(24(5)22-26)41-20-12-8-2/h14-17,22-23,31,37H,7-13,18-21H2,1-6H3/b32-30+. The number of aliphatic hydroxyl groups excluding tert-OH is 1. The Labute approximate surface area is 251 Å². The topological polar surface area (TPSA) is 88.5 Å². The first-order valence-electron chi connectivity index (χ1n) is 15.4. The number of hydrogen-bond donors (Lipinski definition) is 1. The van der Waals surface area contributed by atoms with Gasteiger partial charge in [0.25, 0.3) is 11.7 Å². The van der Waals surface area contributed by atoms with E-state index in [-0.39, 0.29) is 11.3 Å². The van der Waals surface area contributed by atoms with Gasteiger partial charge in [-0.15, -0.1) is 0 Å². The van der Waals surface area contributed by atoms with Crippen molar-refractivity contribution < 1.29 is 28.9 Å². The minimum absolute atomic E-state index is 0.0669. The Balaban J connectivity index is 2.06. The molecule has 1 amide bonds. The summed E-state index contributed by atoms with van der Waals surface area (Å²) < 4.78 is 17.5. The summed E-state index contributed by atoms with van der Waals surface area (Å²) >= 11 is 0. The minimum Gasteiger partial charge on any atom is -0.507 e. The van der Waals surface area contributed by atoms with E-state index < -0.39 is 17.7 Å². The molecule has 1 heterocycles. The van der Waals surface area contributed by atoms with Crippen molar-refractivity contribution in [3.63, 3.8) is 0 Å². The molecule has 230 valence electrons. The molecule has 3 rings (SSSR count). The zero-order chi connectivity index (χ0) is 30.6. The number of ketones is 1. The number of aliphatic hydroxyl groups is 1. The second-order valence-corrected chi connectivity index (χ2v) is 10.7. The van der Waals surface area contributed by atoms with Crippen LogP contribution in [-0.2, 0) is 9.59 Å². The first kappa shape index (κ1) is 33.0. The second kappa shape index (κ2) is 16.2. The van der Waals surface area contributed by atoms with Crippen LogP contribution in [0.15, 0.2) is 42.0 Å². The monoisotopic (exact) mass is 580 g/mol. The molecular weight excluding hydrogens is 532 g/mol. The zero-order valence-corrected chi connectivity index (χ0v) is 26.2. The molecule has 1 N–H and O–H groups in total. The SMILES string of the molecule is CCCCCOc1ccc(C2/C(=C(\O)c3ccc(OCCCC)c(C)c3)C(=O)C(=O)N2CCN(CC)CC)cc1OC. The summed E-state index contributed by atoms with van der Waals surface area (Å²) in [5.74, 6) is 0.330. The van der Waals surface area contributed by atoms with Gasteiger partial charge in [0.15, 0.2) is 11.5 Å². The van der Waals surface area contributed by atoms with Gasteiger partial charge in [0.05, 0.1) is 31.9 Å². The Morgan fingerprint density at radius 2 is 1.55 bits per heavy atom. The first-order valence-corrected chi connectivity index (χ1v) is 15.4. The molecule has 1 aliphatic rings. The number of benzene rings is 2. The number of aryl methyl sites for hydroxylation is 1. The summed E-state index contributed by atoms with van der Waals surface area (Å²) in [5, 5.41) is 11.6. The van der Waals surface area contributed by atoms with Crippen LogP contribution < -0.4 is 14.2 Å². The number of nitrogens with zero attached hydrogens (tertiary/aromatic N) is 2. The predicted octanol–water partition coefficient (Wildman–Crippen LogP) is 6.52. The Hall–Kier alpha value is -3.52. The summed E-state index contributed by atoms with van der Waals surface area (Å²) in [4.78, 5) is 30.8. The quantitative estimate of drug-likeness (QED) is 0.0987. The molecule has 0 aliphatic carbocycles. The van der Waals surface area contributed by atoms with Crippen molar-refractivity contribution in [3.8, 4) is 17.2 Å². The van der Waals surface area contributed by atoms with Gasteiger partial charge in [-0.1, -0.05) is 53.0 Å². The minimum atomic E-state index is -0.774. The maximum Gasteiger partial charge on any atom is 0.295 e. The third kappa shape index (κ3) is 7.85. The Bertz CT molecular complexity index is 1240. The molecule has 2 aromatic rings. The van der Waals surface area contributed by atoms with E-state index in [0.717, 1.165) is 56.5 Å². The van der Waals surface area contributed by atoms with Gasteiger partial charge in [0, 0.05) is 18.7 Å². The van der Waals surface area contributed by atoms with Gasteiger partial charge in [-0.05, 0) is 74.3 Å². The van der Waals surface area contributed by atoms with E-state index in [2.05, 4.69) is 32.6 Å². The molecule has 0 saturated carbocycles. The third-order valence-electron chi connectivity index (χ3n) is 7.80. The number of Topliss-reactive ketones (excluding diaryl/α,β-unsaturated/α-hetero) is 1. The average molecular weight is 581 g/mol. The largest absolute Gasteiger partial charge is 0.507 e. The summed E-state index contributed by atoms with van der Waals surface area (Å²) in [6, 6.07) is 10.0. The maximum atomic E-state index is 13.5. The highest BCUT2D eigenvalue weighted by atomic mass is 16.5. The fraction of sp³-hybridized carbons (Fsp3) is 0.529. The van der Waals surface area contributed by atoms with E-state index in [1.807, 2.05) is 19.1 Å². The normalized spacial score (nSPS) is 16.4. The van der Waals surface area contributed by atoms with Crippen molar-refractivity contribution in [1.29, 1.82) is 0 Å². The first-order chi connectivity index (χ1) is 20.3. The van der Waals surface area contributed by atoms with Gasteiger partial charge < -0.3 is 29.1 Å². The lowest BCUT2D eigenvalue weighted by Crippen LogP contribution is -2.38. The molecule has 8 nitrogen and oxygen atoms in total. The lowest BCUT2D eigenvalue weighted by atomic mass is 9.94. The number of hydrogen-bond acceptors (Lipinski definition) is 7. The van der Waals surface area contributed by atoms with Crippen molar-refractivity contribution in [3.05, 3.63) is 58.7 Å². The lowest BCUT2D eigenvalue weighted by molar-refractivity contribution is -0.140. The molecule has 0 radical (unpaired) electrons. The zero-order valence-electron chi connectivity index (χ0n) is 26.2. The van der Waals surface area contributed by atoms with Crippen LogP contribution in [0.4, 0.5) is 0 Å². The highest BCUT2D eigenvalue weighted by Crippen LogP contribution is 2.42. The molecule has 1 aliphatic heterocycles. The third-order valence-corrected chi connectivity index (χ3v) is 7.80. The molecular formula is C34H48N2O6. The molecule has 0 aromatic heterocycles. The highest BCUT2D eigenvalue weighted by Gasteiger charge is 2.46. The van der Waals surface area contributed by atoms with Crippen LogP contribution in [0.3, 0.4) is 0 Å². The number of likely N-dealkylation sites (tertiary alicyclic amines) is 1. The summed E-state index contributed by atoms with van der Waals surface area (Å²) in [6.45, 7) is 14.1. The molecule has 1 unspecified atom stereocenters. The smallest absolute Gasteiger partial charge is 0.295 e. The van der Waals surface area contributed by atoms with Crippen LogP contribution >= 0.6 is 0 Å². The fourth-order valence-corrected chi connectivity index (χ4v) is 5.19. The summed E-state index contributed by atoms with van der Waals surface area (Å²) in [7, 11) is 1.57. The van der Waals surface area contributed by atoms with Gasteiger partial charge in [0.1, 0.15) is 11.5 Å². The second-order valence-electron chi connectivity index (χ2n) is 10.7. The van der Waals surface area contributed by atoms with Crippen LogP contribution in [0.25, 0.3) is 5.76 Å². The molecule has 0 spiro atoms. The van der Waals surface area contributed by atoms with Crippen LogP contribution in [0, 0.1) is 6.92 Å². The number of rotatable bonds is 17. The Kier molecular flexibility index (Phi) is 12.7. The molecule has 1 fully saturated rings. The van der Waals surface area contributed by atoms with Gasteiger partial charge >= 0.3 is 0 Å². The molecule has 0 bridgehead atoms. The van der Waals surface area contributed by atoms with Crippen molar-refractivity contribution in [2.24, 2.45) is 0 Å². The molecule has 8 heteroatoms. The number of likely N-dealkylation sites (N-methyl/N-ethyl adjacent to an activating group) is 1. The molecule has 1 atom stereocenters. The number of amides is 1. The van der Waals surface area contributed by atoms with Crippen molar-refractivity contribution in [1.82, 2.24) is 9.80 Å². The van der Waals surface area contributed by atoms with Crippen LogP contribution in [0.2, 0.25) is 0 Å². The number of carbonyl (C=O) groups is 2. The lowest BCUT2D eigenvalue weighted by Gasteiger charge is -2.28. The van der Waals surface area contributed by atoms with Gasteiger partial charge in [0.2, 0.25) is 0 Å². The van der Waals surface area contributed by atoms with Crippen molar-refractivity contribution in [2.45, 2.75) is 72.8 Å². The van der Waals surface area contributed by atoms with E-state index in [0.29, 0.717) is 48.9 Å². The van der Waals surface area contributed by atoms with Crippen molar-refractivity contribution >= 4 is 17.4 Å². The summed E-state index contributed by atoms with van der Waals surface area (Å²) in [6.07, 6.45) is 5.09. The van der Waals surface area contributed by atoms with E-state index in [1.54, 1.807) is 36.3 Å². The molecule has 42 heavy (non-hydrogen) atoms. The molecule has 2 aromatic carbocycles. The summed E-state index contributed by atoms with van der Waals surface area (Å²) in [5.41, 5.74) is 2.04. The van der Waals surface area contributed by atoms with Crippen molar-refractivity contribution in [2.75, 3.05) is 46.5 Å². The molecule has 1 saturated heterocycles. The Morgan fingerprint density at radius 1 is 0.881 bits per heavy atom. The number of unbranched alkanes of at least 4 members (excludes halogenated alkanes) is 3. The average Bonchev–Trinajstić information content (AvgIpc) is 3.25. The number of carbonyl (C=O) groups excluding carboxylic acids is 2. The number of ether oxygens (including phenoxy) is 3. The van der Waals surface area contributed by atoms with Crippen LogP contribution in [-0.4, -0.2) is 73.1 Å². The Morgan fingerprint density at radius 3 is 2.19 bits per heavy atom. The van der Waals surface area contributed by atoms with E-state index in [1.165, 1.54) is 0 Å². The maximum absolute atomic E-state index is 13.5. The highest BCUT2D eigenvalue weighted by molar-refractivity contribution is 6.46. The van der Waals surface area contributed by atoms with Crippen LogP contribution in [0.1, 0.15) is 82.5 Å².